The van der Waals surface area contributed by atoms with Crippen molar-refractivity contribution < 1.29 is 19.8 Å². The number of nitrogens with zero attached hydrogens (tertiary/aromatic N) is 2. The van der Waals surface area contributed by atoms with Crippen molar-refractivity contribution in [2.45, 2.75) is 36.4 Å². The highest BCUT2D eigenvalue weighted by Gasteiger charge is 2.09. The van der Waals surface area contributed by atoms with E-state index in [0.29, 0.717) is 0 Å². The summed E-state index contributed by atoms with van der Waals surface area (Å²) in [7, 11) is 0. The van der Waals surface area contributed by atoms with E-state index in [4.69, 9.17) is 19.8 Å². The average molecular weight is 397 g/mol. The first kappa shape index (κ1) is 20.7. The lowest BCUT2D eigenvalue weighted by Crippen LogP contribution is -2.26. The van der Waals surface area contributed by atoms with Crippen molar-refractivity contribution in [3.05, 3.63) is 24.3 Å². The highest BCUT2D eigenvalue weighted by atomic mass is 32.2. The third-order valence-electron chi connectivity index (χ3n) is 4.00. The average Bonchev–Trinajstić information content (AvgIpc) is 2.85. The van der Waals surface area contributed by atoms with Crippen molar-refractivity contribution in [2.75, 3.05) is 25.4 Å². The number of aliphatic carboxylic acids is 2. The van der Waals surface area contributed by atoms with Crippen LogP contribution in [0.25, 0.3) is 10.2 Å². The van der Waals surface area contributed by atoms with Gasteiger partial charge in [0.15, 0.2) is 4.34 Å². The lowest BCUT2D eigenvalue weighted by Gasteiger charge is -2.18. The smallest absolute Gasteiger partial charge is 0.414 e. The van der Waals surface area contributed by atoms with Crippen LogP contribution in [0.2, 0.25) is 0 Å². The summed E-state index contributed by atoms with van der Waals surface area (Å²) >= 11 is 3.75. The Kier molecular flexibility index (Phi) is 8.87. The second kappa shape index (κ2) is 11.2. The second-order valence-corrected chi connectivity index (χ2v) is 8.39. The van der Waals surface area contributed by atoms with Crippen molar-refractivity contribution >= 4 is 45.3 Å². The number of aromatic nitrogens is 1. The SMILES string of the molecule is O=C(O)C(=O)O.c1ccc2sc(SCCCN3CCCCCC3)nc2c1. The lowest BCUT2D eigenvalue weighted by molar-refractivity contribution is -0.159. The zero-order valence-electron chi connectivity index (χ0n) is 14.6. The van der Waals surface area contributed by atoms with Crippen molar-refractivity contribution in [1.29, 1.82) is 0 Å². The number of likely N-dealkylation sites (tertiary alicyclic amines) is 1. The van der Waals surface area contributed by atoms with Gasteiger partial charge in [-0.1, -0.05) is 36.7 Å². The second-order valence-electron chi connectivity index (χ2n) is 6.02. The molecule has 0 bridgehead atoms. The van der Waals surface area contributed by atoms with E-state index in [1.54, 1.807) is 0 Å². The molecule has 2 N–H and O–H groups in total. The van der Waals surface area contributed by atoms with Gasteiger partial charge in [-0.15, -0.1) is 11.3 Å². The van der Waals surface area contributed by atoms with E-state index >= 15 is 0 Å². The number of carbonyl (C=O) groups is 2. The van der Waals surface area contributed by atoms with Gasteiger partial charge in [0.2, 0.25) is 0 Å². The van der Waals surface area contributed by atoms with Gasteiger partial charge in [0, 0.05) is 5.75 Å². The molecule has 0 saturated carbocycles. The Morgan fingerprint density at radius 1 is 1.08 bits per heavy atom. The number of hydrogen-bond acceptors (Lipinski definition) is 6. The summed E-state index contributed by atoms with van der Waals surface area (Å²) in [6, 6.07) is 8.42. The predicted octanol–water partition coefficient (Wildman–Crippen LogP) is 3.81. The summed E-state index contributed by atoms with van der Waals surface area (Å²) in [5.74, 6) is -2.46. The maximum absolute atomic E-state index is 9.10. The van der Waals surface area contributed by atoms with Gasteiger partial charge in [-0.3, -0.25) is 0 Å². The molecule has 1 fully saturated rings. The number of hydrogen-bond donors (Lipinski definition) is 2. The van der Waals surface area contributed by atoms with Crippen LogP contribution in [0.4, 0.5) is 0 Å². The van der Waals surface area contributed by atoms with Gasteiger partial charge in [-0.2, -0.15) is 0 Å². The van der Waals surface area contributed by atoms with Crippen molar-refractivity contribution in [3.63, 3.8) is 0 Å². The third-order valence-corrected chi connectivity index (χ3v) is 6.27. The van der Waals surface area contributed by atoms with Gasteiger partial charge in [-0.05, 0) is 51.0 Å². The molecule has 1 aromatic carbocycles. The van der Waals surface area contributed by atoms with Crippen LogP contribution in [0.3, 0.4) is 0 Å². The minimum Gasteiger partial charge on any atom is -0.473 e. The molecule has 1 aliphatic rings. The van der Waals surface area contributed by atoms with Gasteiger partial charge in [0.1, 0.15) is 0 Å². The molecule has 2 heterocycles. The molecule has 0 radical (unpaired) electrons. The first-order valence-electron chi connectivity index (χ1n) is 8.73. The predicted molar refractivity (Wildman–Crippen MR) is 105 cm³/mol. The fourth-order valence-corrected chi connectivity index (χ4v) is 4.78. The number of fused-ring (bicyclic) bond motifs is 1. The molecule has 0 aliphatic carbocycles. The summed E-state index contributed by atoms with van der Waals surface area (Å²) in [6.07, 6.45) is 6.92. The Hall–Kier alpha value is -1.64. The first-order valence-corrected chi connectivity index (χ1v) is 10.5. The van der Waals surface area contributed by atoms with E-state index in [9.17, 15) is 0 Å². The van der Waals surface area contributed by atoms with E-state index in [1.165, 1.54) is 66.5 Å². The maximum Gasteiger partial charge on any atom is 0.414 e. The summed E-state index contributed by atoms with van der Waals surface area (Å²) in [4.78, 5) is 25.5. The molecular formula is C18H24N2O4S2. The minimum absolute atomic E-state index is 1.15. The van der Waals surface area contributed by atoms with Crippen LogP contribution in [0.5, 0.6) is 0 Å². The van der Waals surface area contributed by atoms with Crippen LogP contribution in [0.15, 0.2) is 28.6 Å². The van der Waals surface area contributed by atoms with Crippen molar-refractivity contribution in [2.24, 2.45) is 0 Å². The van der Waals surface area contributed by atoms with Gasteiger partial charge in [0.25, 0.3) is 0 Å². The van der Waals surface area contributed by atoms with Crippen LogP contribution in [-0.4, -0.2) is 57.4 Å². The van der Waals surface area contributed by atoms with Crippen LogP contribution >= 0.6 is 23.1 Å². The van der Waals surface area contributed by atoms with Crippen molar-refractivity contribution in [3.8, 4) is 0 Å². The Balaban J connectivity index is 0.000000352. The zero-order valence-corrected chi connectivity index (χ0v) is 16.2. The fourth-order valence-electron chi connectivity index (χ4n) is 2.72. The van der Waals surface area contributed by atoms with E-state index < -0.39 is 11.9 Å². The van der Waals surface area contributed by atoms with E-state index in [1.807, 2.05) is 23.1 Å². The molecule has 1 aromatic heterocycles. The van der Waals surface area contributed by atoms with Gasteiger partial charge in [0.05, 0.1) is 10.2 Å². The number of thioether (sulfide) groups is 1. The molecule has 0 spiro atoms. The first-order chi connectivity index (χ1) is 12.6. The molecule has 6 nitrogen and oxygen atoms in total. The lowest BCUT2D eigenvalue weighted by atomic mass is 10.2. The third kappa shape index (κ3) is 7.31. The number of benzene rings is 1. The van der Waals surface area contributed by atoms with E-state index in [0.717, 1.165) is 5.52 Å². The highest BCUT2D eigenvalue weighted by molar-refractivity contribution is 8.01. The zero-order chi connectivity index (χ0) is 18.8. The number of rotatable bonds is 5. The van der Waals surface area contributed by atoms with Gasteiger partial charge >= 0.3 is 11.9 Å². The summed E-state index contributed by atoms with van der Waals surface area (Å²) in [5, 5.41) is 14.8. The van der Waals surface area contributed by atoms with Gasteiger partial charge in [-0.25, -0.2) is 14.6 Å². The molecule has 1 saturated heterocycles. The van der Waals surface area contributed by atoms with E-state index in [-0.39, 0.29) is 0 Å². The number of thiazole rings is 1. The molecule has 0 atom stereocenters. The molecule has 2 aromatic rings. The van der Waals surface area contributed by atoms with Crippen molar-refractivity contribution in [1.82, 2.24) is 9.88 Å². The molecule has 1 aliphatic heterocycles. The molecular weight excluding hydrogens is 372 g/mol. The summed E-state index contributed by atoms with van der Waals surface area (Å²) in [6.45, 7) is 3.88. The van der Waals surface area contributed by atoms with Crippen LogP contribution in [0.1, 0.15) is 32.1 Å². The standard InChI is InChI=1S/C16H22N2S2.C2H2O4/c1-2-6-11-18(10-5-1)12-7-13-19-16-17-14-8-3-4-9-15(14)20-16;3-1(4)2(5)6/h3-4,8-9H,1-2,5-7,10-13H2;(H,3,4)(H,5,6). The Bertz CT molecular complexity index is 667. The number of carboxylic acids is 2. The van der Waals surface area contributed by atoms with Crippen LogP contribution in [0, 0.1) is 0 Å². The molecule has 0 unspecified atom stereocenters. The number of para-hydroxylation sites is 1. The topological polar surface area (TPSA) is 90.7 Å². The quantitative estimate of drug-likeness (QED) is 0.451. The Labute approximate surface area is 161 Å². The van der Waals surface area contributed by atoms with Gasteiger partial charge < -0.3 is 15.1 Å². The van der Waals surface area contributed by atoms with Crippen LogP contribution in [-0.2, 0) is 9.59 Å². The minimum atomic E-state index is -1.82. The van der Waals surface area contributed by atoms with E-state index in [2.05, 4.69) is 34.1 Å². The normalized spacial score (nSPS) is 15.1. The monoisotopic (exact) mass is 396 g/mol. The fraction of sp³-hybridized carbons (Fsp3) is 0.500. The summed E-state index contributed by atoms with van der Waals surface area (Å²) in [5.41, 5.74) is 1.15. The molecule has 0 amide bonds. The Morgan fingerprint density at radius 2 is 1.73 bits per heavy atom. The number of carboxylic acid groups (broad SMARTS) is 2. The highest BCUT2D eigenvalue weighted by Crippen LogP contribution is 2.29. The van der Waals surface area contributed by atoms with Crippen LogP contribution < -0.4 is 0 Å². The molecule has 26 heavy (non-hydrogen) atoms. The summed E-state index contributed by atoms with van der Waals surface area (Å²) < 4.78 is 2.53. The largest absolute Gasteiger partial charge is 0.473 e. The Morgan fingerprint density at radius 3 is 2.35 bits per heavy atom. The molecule has 142 valence electrons. The maximum atomic E-state index is 9.10. The molecule has 8 heteroatoms. The molecule has 3 rings (SSSR count).